The minimum Gasteiger partial charge on any atom is -0.379 e. The quantitative estimate of drug-likeness (QED) is 0.251. The largest absolute Gasteiger partial charge is 0.379 e. The predicted molar refractivity (Wildman–Crippen MR) is 114 cm³/mol. The first-order chi connectivity index (χ1) is 12.7. The summed E-state index contributed by atoms with van der Waals surface area (Å²) in [7, 11) is 2.03. The molecule has 1 aromatic rings. The van der Waals surface area contributed by atoms with Crippen LogP contribution in [-0.2, 0) is 0 Å². The van der Waals surface area contributed by atoms with Gasteiger partial charge in [-0.3, -0.25) is 4.90 Å². The standard InChI is InChI=1S/C24H43NO/c1-4-5-6-7-8-9-10-11-12-13-14-18-21-24(25(3)22(2)26)23-19-16-15-17-20-23/h15-17,19-20,22,24,26H,4-14,18,21H2,1-3H3. The number of hydrogen-bond donors (Lipinski definition) is 1. The summed E-state index contributed by atoms with van der Waals surface area (Å²) in [6.07, 6.45) is 17.3. The van der Waals surface area contributed by atoms with Gasteiger partial charge in [0.2, 0.25) is 0 Å². The minimum absolute atomic E-state index is 0.319. The zero-order valence-electron chi connectivity index (χ0n) is 17.6. The number of rotatable bonds is 16. The number of nitrogens with zero attached hydrogens (tertiary/aromatic N) is 1. The van der Waals surface area contributed by atoms with Gasteiger partial charge in [-0.1, -0.05) is 114 Å². The van der Waals surface area contributed by atoms with Crippen LogP contribution in [-0.4, -0.2) is 23.3 Å². The van der Waals surface area contributed by atoms with Crippen LogP contribution in [0.3, 0.4) is 0 Å². The van der Waals surface area contributed by atoms with Crippen LogP contribution in [0.4, 0.5) is 0 Å². The van der Waals surface area contributed by atoms with Crippen molar-refractivity contribution in [2.45, 2.75) is 110 Å². The van der Waals surface area contributed by atoms with E-state index in [0.717, 1.165) is 6.42 Å². The number of unbranched alkanes of at least 4 members (excludes halogenated alkanes) is 11. The molecule has 0 bridgehead atoms. The van der Waals surface area contributed by atoms with Gasteiger partial charge in [-0.15, -0.1) is 0 Å². The Labute approximate surface area is 163 Å². The fourth-order valence-electron chi connectivity index (χ4n) is 3.72. The molecular formula is C24H43NO. The lowest BCUT2D eigenvalue weighted by Crippen LogP contribution is -2.32. The molecule has 0 heterocycles. The molecule has 0 amide bonds. The van der Waals surface area contributed by atoms with E-state index in [9.17, 15) is 5.11 Å². The summed E-state index contributed by atoms with van der Waals surface area (Å²) in [5.41, 5.74) is 1.32. The molecule has 2 unspecified atom stereocenters. The molecule has 0 aliphatic heterocycles. The molecule has 0 aliphatic carbocycles. The smallest absolute Gasteiger partial charge is 0.104 e. The number of aliphatic hydroxyl groups excluding tert-OH is 1. The third-order valence-corrected chi connectivity index (χ3v) is 5.60. The SMILES string of the molecule is CCCCCCCCCCCCCCC(c1ccccc1)N(C)C(C)O. The maximum absolute atomic E-state index is 9.97. The van der Waals surface area contributed by atoms with E-state index in [1.165, 1.54) is 82.6 Å². The molecule has 150 valence electrons. The number of benzene rings is 1. The lowest BCUT2D eigenvalue weighted by atomic mass is 9.98. The molecule has 0 fully saturated rings. The average Bonchev–Trinajstić information content (AvgIpc) is 2.66. The van der Waals surface area contributed by atoms with Gasteiger partial charge in [-0.25, -0.2) is 0 Å². The zero-order valence-corrected chi connectivity index (χ0v) is 17.6. The third-order valence-electron chi connectivity index (χ3n) is 5.60. The van der Waals surface area contributed by atoms with Crippen molar-refractivity contribution < 1.29 is 5.11 Å². The van der Waals surface area contributed by atoms with E-state index < -0.39 is 6.23 Å². The number of hydrogen-bond acceptors (Lipinski definition) is 2. The lowest BCUT2D eigenvalue weighted by Gasteiger charge is -2.31. The lowest BCUT2D eigenvalue weighted by molar-refractivity contribution is 0.00439. The van der Waals surface area contributed by atoms with Crippen LogP contribution in [0, 0.1) is 0 Å². The van der Waals surface area contributed by atoms with Crippen molar-refractivity contribution in [1.82, 2.24) is 4.90 Å². The van der Waals surface area contributed by atoms with Crippen LogP contribution in [0.1, 0.15) is 109 Å². The van der Waals surface area contributed by atoms with Crippen LogP contribution >= 0.6 is 0 Å². The molecular weight excluding hydrogens is 318 g/mol. The molecule has 0 saturated carbocycles. The molecule has 1 aromatic carbocycles. The van der Waals surface area contributed by atoms with Gasteiger partial charge in [0.1, 0.15) is 6.23 Å². The van der Waals surface area contributed by atoms with Crippen LogP contribution in [0.15, 0.2) is 30.3 Å². The van der Waals surface area contributed by atoms with Gasteiger partial charge in [0.25, 0.3) is 0 Å². The zero-order chi connectivity index (χ0) is 19.0. The van der Waals surface area contributed by atoms with Gasteiger partial charge in [-0.2, -0.15) is 0 Å². The minimum atomic E-state index is -0.405. The van der Waals surface area contributed by atoms with Crippen LogP contribution in [0.5, 0.6) is 0 Å². The number of aliphatic hydroxyl groups is 1. The van der Waals surface area contributed by atoms with Gasteiger partial charge in [0.15, 0.2) is 0 Å². The van der Waals surface area contributed by atoms with E-state index in [1.54, 1.807) is 0 Å². The average molecular weight is 362 g/mol. The van der Waals surface area contributed by atoms with E-state index in [4.69, 9.17) is 0 Å². The Balaban J connectivity index is 2.12. The van der Waals surface area contributed by atoms with E-state index in [2.05, 4.69) is 42.2 Å². The van der Waals surface area contributed by atoms with Crippen molar-refractivity contribution >= 4 is 0 Å². The van der Waals surface area contributed by atoms with Crippen molar-refractivity contribution in [1.29, 1.82) is 0 Å². The van der Waals surface area contributed by atoms with Gasteiger partial charge in [0, 0.05) is 6.04 Å². The Morgan fingerprint density at radius 3 is 1.69 bits per heavy atom. The Morgan fingerprint density at radius 2 is 1.23 bits per heavy atom. The highest BCUT2D eigenvalue weighted by Gasteiger charge is 2.19. The van der Waals surface area contributed by atoms with Gasteiger partial charge in [-0.05, 0) is 26.0 Å². The molecule has 1 rings (SSSR count). The van der Waals surface area contributed by atoms with Crippen molar-refractivity contribution in [3.8, 4) is 0 Å². The maximum atomic E-state index is 9.97. The molecule has 0 radical (unpaired) electrons. The van der Waals surface area contributed by atoms with Crippen LogP contribution < -0.4 is 0 Å². The van der Waals surface area contributed by atoms with E-state index in [0.29, 0.717) is 6.04 Å². The summed E-state index contributed by atoms with van der Waals surface area (Å²) in [4.78, 5) is 2.09. The Kier molecular flexibility index (Phi) is 13.6. The first-order valence-corrected chi connectivity index (χ1v) is 11.1. The molecule has 2 nitrogen and oxygen atoms in total. The second-order valence-corrected chi connectivity index (χ2v) is 7.90. The summed E-state index contributed by atoms with van der Waals surface area (Å²) in [6.45, 7) is 4.14. The Morgan fingerprint density at radius 1 is 0.769 bits per heavy atom. The fraction of sp³-hybridized carbons (Fsp3) is 0.750. The van der Waals surface area contributed by atoms with Crippen LogP contribution in [0.25, 0.3) is 0 Å². The molecule has 26 heavy (non-hydrogen) atoms. The molecule has 2 atom stereocenters. The monoisotopic (exact) mass is 361 g/mol. The van der Waals surface area contributed by atoms with E-state index >= 15 is 0 Å². The van der Waals surface area contributed by atoms with Gasteiger partial charge in [0.05, 0.1) is 0 Å². The van der Waals surface area contributed by atoms with E-state index in [1.807, 2.05) is 14.0 Å². The van der Waals surface area contributed by atoms with Crippen LogP contribution in [0.2, 0.25) is 0 Å². The van der Waals surface area contributed by atoms with Gasteiger partial charge >= 0.3 is 0 Å². The summed E-state index contributed by atoms with van der Waals surface area (Å²) in [5.74, 6) is 0. The summed E-state index contributed by atoms with van der Waals surface area (Å²) in [5, 5.41) is 9.97. The molecule has 1 N–H and O–H groups in total. The maximum Gasteiger partial charge on any atom is 0.104 e. The highest BCUT2D eigenvalue weighted by molar-refractivity contribution is 5.18. The summed E-state index contributed by atoms with van der Waals surface area (Å²) >= 11 is 0. The summed E-state index contributed by atoms with van der Waals surface area (Å²) in [6, 6.07) is 10.9. The third kappa shape index (κ3) is 10.3. The molecule has 2 heteroatoms. The van der Waals surface area contributed by atoms with Gasteiger partial charge < -0.3 is 5.11 Å². The molecule has 0 aliphatic rings. The van der Waals surface area contributed by atoms with E-state index in [-0.39, 0.29) is 0 Å². The predicted octanol–water partition coefficient (Wildman–Crippen LogP) is 7.09. The molecule has 0 saturated heterocycles. The molecule has 0 aromatic heterocycles. The fourth-order valence-corrected chi connectivity index (χ4v) is 3.72. The normalized spacial score (nSPS) is 13.9. The Bertz CT molecular complexity index is 417. The first kappa shape index (κ1) is 23.2. The van der Waals surface area contributed by atoms with Crippen molar-refractivity contribution in [2.75, 3.05) is 7.05 Å². The van der Waals surface area contributed by atoms with Crippen molar-refractivity contribution in [2.24, 2.45) is 0 Å². The second-order valence-electron chi connectivity index (χ2n) is 7.90. The molecule has 0 spiro atoms. The topological polar surface area (TPSA) is 23.5 Å². The highest BCUT2D eigenvalue weighted by Crippen LogP contribution is 2.27. The van der Waals surface area contributed by atoms with Crippen molar-refractivity contribution in [3.05, 3.63) is 35.9 Å². The second kappa shape index (κ2) is 15.2. The summed E-state index contributed by atoms with van der Waals surface area (Å²) < 4.78 is 0. The first-order valence-electron chi connectivity index (χ1n) is 11.1. The van der Waals surface area contributed by atoms with Crippen molar-refractivity contribution in [3.63, 3.8) is 0 Å². The highest BCUT2D eigenvalue weighted by atomic mass is 16.3. The Hall–Kier alpha value is -0.860.